The third-order valence-electron chi connectivity index (χ3n) is 11.5. The third kappa shape index (κ3) is 9.39. The number of aromatic nitrogens is 2. The second-order valence-corrected chi connectivity index (χ2v) is 19.2. The first-order chi connectivity index (χ1) is 32.8. The molecule has 5 heterocycles. The summed E-state index contributed by atoms with van der Waals surface area (Å²) in [5.74, 6) is 0.191. The second kappa shape index (κ2) is 19.4. The van der Waals surface area contributed by atoms with Gasteiger partial charge < -0.3 is 28.8 Å². The van der Waals surface area contributed by atoms with E-state index in [9.17, 15) is 22.7 Å². The monoisotopic (exact) mass is 976 g/mol. The van der Waals surface area contributed by atoms with Gasteiger partial charge >= 0.3 is 5.97 Å². The van der Waals surface area contributed by atoms with Crippen LogP contribution in [0.3, 0.4) is 0 Å². The fourth-order valence-electron chi connectivity index (χ4n) is 8.09. The molecule has 0 spiro atoms. The van der Waals surface area contributed by atoms with E-state index < -0.39 is 44.7 Å². The van der Waals surface area contributed by atoms with Crippen LogP contribution in [-0.2, 0) is 41.6 Å². The molecule has 0 saturated heterocycles. The maximum Gasteiger partial charge on any atom is 0.345 e. The van der Waals surface area contributed by atoms with Gasteiger partial charge in [0.2, 0.25) is 12.0 Å². The van der Waals surface area contributed by atoms with Crippen molar-refractivity contribution in [1.82, 2.24) is 9.97 Å². The zero-order chi connectivity index (χ0) is 47.6. The van der Waals surface area contributed by atoms with E-state index in [1.807, 2.05) is 31.2 Å². The number of benzene rings is 5. The number of ether oxygens (including phenoxy) is 5. The summed E-state index contributed by atoms with van der Waals surface area (Å²) in [6, 6.07) is 29.4. The number of carbonyl (C=O) groups is 1. The molecular weight excluding hydrogens is 935 g/mol. The van der Waals surface area contributed by atoms with Gasteiger partial charge in [0.15, 0.2) is 5.82 Å². The van der Waals surface area contributed by atoms with Crippen LogP contribution in [0.5, 0.6) is 23.0 Å². The second-order valence-electron chi connectivity index (χ2n) is 15.8. The van der Waals surface area contributed by atoms with Crippen molar-refractivity contribution in [3.8, 4) is 34.4 Å². The van der Waals surface area contributed by atoms with Crippen molar-refractivity contribution in [1.29, 1.82) is 0 Å². The lowest BCUT2D eigenvalue weighted by atomic mass is 9.81. The molecule has 6 aromatic rings. The normalized spacial score (nSPS) is 18.9. The molecule has 0 amide bonds. The van der Waals surface area contributed by atoms with E-state index in [0.717, 1.165) is 5.56 Å². The van der Waals surface area contributed by atoms with E-state index in [1.54, 1.807) is 80.9 Å². The summed E-state index contributed by atoms with van der Waals surface area (Å²) in [5, 5.41) is 10.3. The molecule has 14 nitrogen and oxygen atoms in total. The molecule has 18 heteroatoms. The van der Waals surface area contributed by atoms with Gasteiger partial charge in [0, 0.05) is 18.2 Å². The molecule has 0 fully saturated rings. The van der Waals surface area contributed by atoms with E-state index in [2.05, 4.69) is 9.98 Å². The summed E-state index contributed by atoms with van der Waals surface area (Å²) < 4.78 is 77.7. The minimum Gasteiger partial charge on any atom is -0.496 e. The van der Waals surface area contributed by atoms with Crippen LogP contribution >= 0.6 is 23.4 Å². The van der Waals surface area contributed by atoms with Crippen LogP contribution < -0.4 is 18.9 Å². The van der Waals surface area contributed by atoms with Gasteiger partial charge in [-0.3, -0.25) is 9.18 Å². The molecule has 5 aromatic carbocycles. The lowest BCUT2D eigenvalue weighted by Gasteiger charge is -2.33. The van der Waals surface area contributed by atoms with Gasteiger partial charge in [-0.2, -0.15) is 8.42 Å². The van der Waals surface area contributed by atoms with Crippen LogP contribution in [-0.4, -0.2) is 80.1 Å². The van der Waals surface area contributed by atoms with Crippen LogP contribution in [0.2, 0.25) is 5.02 Å². The predicted molar refractivity (Wildman–Crippen MR) is 255 cm³/mol. The number of aryl methyl sites for hydroxylation is 1. The van der Waals surface area contributed by atoms with Gasteiger partial charge in [-0.25, -0.2) is 24.1 Å². The Labute approximate surface area is 400 Å². The lowest BCUT2D eigenvalue weighted by molar-refractivity contribution is -0.145. The van der Waals surface area contributed by atoms with Crippen LogP contribution in [0.25, 0.3) is 17.0 Å². The van der Waals surface area contributed by atoms with Gasteiger partial charge in [-0.05, 0) is 103 Å². The van der Waals surface area contributed by atoms with Gasteiger partial charge in [0.25, 0.3) is 10.1 Å². The number of rotatable bonds is 11. The summed E-state index contributed by atoms with van der Waals surface area (Å²) in [6.45, 7) is 3.27. The highest BCUT2D eigenvalue weighted by atomic mass is 35.5. The molecule has 10 rings (SSSR count). The van der Waals surface area contributed by atoms with Crippen LogP contribution in [0.15, 0.2) is 136 Å². The van der Waals surface area contributed by atoms with Gasteiger partial charge in [-0.1, -0.05) is 59.6 Å². The molecule has 4 aliphatic rings. The van der Waals surface area contributed by atoms with Crippen molar-refractivity contribution in [2.24, 2.45) is 9.98 Å². The number of hydrogen-bond donors (Lipinski definition) is 1. The van der Waals surface area contributed by atoms with Crippen LogP contribution in [0.4, 0.5) is 4.39 Å². The first-order valence-corrected chi connectivity index (χ1v) is 23.9. The van der Waals surface area contributed by atoms with E-state index in [1.165, 1.54) is 42.4 Å². The molecule has 1 aromatic heterocycles. The number of hydrogen-bond acceptors (Lipinski definition) is 14. The molecule has 4 aliphatic heterocycles. The van der Waals surface area contributed by atoms with E-state index >= 15 is 0 Å². The fraction of sp³-hybridized carbons (Fsp3) is 0.220. The number of thioether (sulfide) groups is 1. The van der Waals surface area contributed by atoms with Crippen LogP contribution in [0.1, 0.15) is 33.5 Å². The van der Waals surface area contributed by atoms with Gasteiger partial charge in [0.05, 0.1) is 45.2 Å². The van der Waals surface area contributed by atoms with Crippen LogP contribution in [0, 0.1) is 19.7 Å². The smallest absolute Gasteiger partial charge is 0.345 e. The van der Waals surface area contributed by atoms with E-state index in [-0.39, 0.29) is 42.1 Å². The summed E-state index contributed by atoms with van der Waals surface area (Å²) in [4.78, 5) is 31.7. The minimum atomic E-state index is -4.38. The zero-order valence-electron chi connectivity index (χ0n) is 36.7. The molecule has 1 N–H and O–H groups in total. The molecule has 348 valence electrons. The Kier molecular flexibility index (Phi) is 13.2. The molecule has 4 bridgehead atoms. The molecule has 68 heavy (non-hydrogen) atoms. The summed E-state index contributed by atoms with van der Waals surface area (Å²) in [6.07, 6.45) is 1.08. The standard InChI is InChI=1S/C50H42ClFN4O10S2/c1-29-8-15-36(16-9-29)68(59,60)65-27-50(32-10-12-33(52)13-11-32)44-37-17-19-41(45(51)30(37)2)63-23-22-62-35-14-18-39(64-26-34-20-21-53-46(56-34)38-6-4-5-7-40(38)61-3)31(24-35)25-42(49(57)58)66-47-43(44)48(67-50)55-28-54-47/h4-21,24,28,42,48H,22-23,25-27H2,1-3H3,(H,57,58)/t42-,48?,50?/m1/s1. The predicted octanol–water partition coefficient (Wildman–Crippen LogP) is 9.19. The molecular formula is C50H42ClFN4O10S2. The fourth-order valence-corrected chi connectivity index (χ4v) is 10.9. The summed E-state index contributed by atoms with van der Waals surface area (Å²) in [5.41, 5.74) is 4.77. The molecule has 2 unspecified atom stereocenters. The Bertz CT molecular complexity index is 3120. The number of carboxylic acids is 1. The van der Waals surface area contributed by atoms with Crippen molar-refractivity contribution in [2.45, 2.75) is 48.0 Å². The average molecular weight is 977 g/mol. The first kappa shape index (κ1) is 46.3. The largest absolute Gasteiger partial charge is 0.496 e. The number of carboxylic acid groups (broad SMARTS) is 1. The van der Waals surface area contributed by atoms with Gasteiger partial charge in [0.1, 0.15) is 60.3 Å². The van der Waals surface area contributed by atoms with E-state index in [4.69, 9.17) is 49.4 Å². The third-order valence-corrected chi connectivity index (χ3v) is 14.8. The van der Waals surface area contributed by atoms with Crippen molar-refractivity contribution < 1.29 is 50.6 Å². The number of aliphatic carboxylic acids is 1. The maximum absolute atomic E-state index is 14.7. The van der Waals surface area contributed by atoms with Crippen molar-refractivity contribution in [2.75, 3.05) is 26.9 Å². The highest BCUT2D eigenvalue weighted by Crippen LogP contribution is 2.60. The number of aliphatic imine (C=N–C) groups is 2. The first-order valence-electron chi connectivity index (χ1n) is 21.2. The molecule has 0 aliphatic carbocycles. The summed E-state index contributed by atoms with van der Waals surface area (Å²) >= 11 is 8.31. The van der Waals surface area contributed by atoms with Crippen molar-refractivity contribution in [3.05, 3.63) is 165 Å². The Balaban J connectivity index is 1.13. The average Bonchev–Trinajstić information content (AvgIpc) is 3.69. The molecule has 0 saturated carbocycles. The van der Waals surface area contributed by atoms with Crippen molar-refractivity contribution in [3.63, 3.8) is 0 Å². The Hall–Kier alpha value is -6.79. The van der Waals surface area contributed by atoms with Gasteiger partial charge in [-0.15, -0.1) is 11.8 Å². The van der Waals surface area contributed by atoms with Crippen molar-refractivity contribution >= 4 is 57.3 Å². The number of fused-ring (bicyclic) bond motifs is 7. The maximum atomic E-state index is 14.7. The quantitative estimate of drug-likeness (QED) is 0.122. The zero-order valence-corrected chi connectivity index (χ0v) is 39.1. The van der Waals surface area contributed by atoms with E-state index in [0.29, 0.717) is 73.5 Å². The number of halogens is 2. The Morgan fingerprint density at radius 1 is 0.941 bits per heavy atom. The molecule has 0 radical (unpaired) electrons. The number of para-hydroxylation sites is 1. The Morgan fingerprint density at radius 3 is 2.50 bits per heavy atom. The number of methoxy groups -OCH3 is 1. The summed E-state index contributed by atoms with van der Waals surface area (Å²) in [7, 11) is -2.81. The topological polar surface area (TPSA) is 177 Å². The highest BCUT2D eigenvalue weighted by Gasteiger charge is 2.53. The molecule has 3 atom stereocenters. The minimum absolute atomic E-state index is 0.00681. The SMILES string of the molecule is COc1ccccc1-c1nccc(COc2ccc3cc2C[C@H](C(=O)O)OC2=NC=NC4SC(COS(=O)(=O)c5ccc(C)cc5)(c5ccc(F)cc5)C(=C24)c2ccc(c(Cl)c2C)OCCO3)n1. The Morgan fingerprint density at radius 2 is 1.72 bits per heavy atom. The number of nitrogens with zero attached hydrogens (tertiary/aromatic N) is 4. The lowest BCUT2D eigenvalue weighted by Crippen LogP contribution is -2.33. The highest BCUT2D eigenvalue weighted by molar-refractivity contribution is 8.02.